The van der Waals surface area contributed by atoms with Gasteiger partial charge in [0.25, 0.3) is 0 Å². The van der Waals surface area contributed by atoms with E-state index in [0.717, 1.165) is 19.1 Å². The van der Waals surface area contributed by atoms with Crippen LogP contribution in [0.1, 0.15) is 65.7 Å². The van der Waals surface area contributed by atoms with Gasteiger partial charge in [0, 0.05) is 6.04 Å². The molecule has 3 unspecified atom stereocenters. The van der Waals surface area contributed by atoms with Crippen LogP contribution in [0.15, 0.2) is 0 Å². The molecule has 0 spiro atoms. The fraction of sp³-hybridized carbons (Fsp3) is 1.00. The average molecular weight is 241 g/mol. The number of ether oxygens (including phenoxy) is 1. The largest absolute Gasteiger partial charge is 0.376 e. The second-order valence-electron chi connectivity index (χ2n) is 5.37. The molecule has 1 saturated carbocycles. The van der Waals surface area contributed by atoms with Gasteiger partial charge in [0.2, 0.25) is 0 Å². The van der Waals surface area contributed by atoms with Gasteiger partial charge in [-0.05, 0) is 31.7 Å². The Kier molecular flexibility index (Phi) is 7.87. The third-order valence-electron chi connectivity index (χ3n) is 4.01. The normalized spacial score (nSPS) is 27.0. The molecule has 0 aromatic rings. The van der Waals surface area contributed by atoms with Gasteiger partial charge in [-0.1, -0.05) is 46.5 Å². The van der Waals surface area contributed by atoms with Crippen LogP contribution < -0.4 is 5.32 Å². The van der Waals surface area contributed by atoms with Gasteiger partial charge < -0.3 is 10.1 Å². The summed E-state index contributed by atoms with van der Waals surface area (Å²) < 4.78 is 6.19. The van der Waals surface area contributed by atoms with E-state index in [9.17, 15) is 0 Å². The maximum absolute atomic E-state index is 6.19. The number of rotatable bonds is 8. The van der Waals surface area contributed by atoms with Gasteiger partial charge in [0.05, 0.1) is 12.7 Å². The molecule has 0 aromatic heterocycles. The van der Waals surface area contributed by atoms with E-state index in [1.54, 1.807) is 0 Å². The van der Waals surface area contributed by atoms with Gasteiger partial charge in [-0.25, -0.2) is 0 Å². The van der Waals surface area contributed by atoms with E-state index in [2.05, 4.69) is 26.1 Å². The van der Waals surface area contributed by atoms with Crippen molar-refractivity contribution in [2.45, 2.75) is 77.9 Å². The molecule has 0 aliphatic heterocycles. The van der Waals surface area contributed by atoms with Gasteiger partial charge in [0.1, 0.15) is 0 Å². The Morgan fingerprint density at radius 1 is 1.18 bits per heavy atom. The minimum absolute atomic E-state index is 0.534. The lowest BCUT2D eigenvalue weighted by Crippen LogP contribution is -2.37. The fourth-order valence-corrected chi connectivity index (χ4v) is 2.98. The van der Waals surface area contributed by atoms with Crippen LogP contribution in [-0.4, -0.2) is 25.3 Å². The maximum Gasteiger partial charge on any atom is 0.0623 e. The Morgan fingerprint density at radius 3 is 2.59 bits per heavy atom. The minimum Gasteiger partial charge on any atom is -0.376 e. The molecule has 1 rings (SSSR count). The molecule has 0 amide bonds. The summed E-state index contributed by atoms with van der Waals surface area (Å²) in [5.41, 5.74) is 0. The Labute approximate surface area is 108 Å². The van der Waals surface area contributed by atoms with E-state index in [0.29, 0.717) is 12.1 Å². The Hall–Kier alpha value is -0.0800. The lowest BCUT2D eigenvalue weighted by molar-refractivity contribution is -0.0221. The second kappa shape index (κ2) is 8.93. The van der Waals surface area contributed by atoms with Crippen LogP contribution in [0.4, 0.5) is 0 Å². The quantitative estimate of drug-likeness (QED) is 0.699. The molecule has 2 heteroatoms. The lowest BCUT2D eigenvalue weighted by Gasteiger charge is -2.32. The zero-order valence-corrected chi connectivity index (χ0v) is 12.0. The Morgan fingerprint density at radius 2 is 1.94 bits per heavy atom. The Balaban J connectivity index is 2.30. The summed E-state index contributed by atoms with van der Waals surface area (Å²) in [4.78, 5) is 0. The fourth-order valence-electron chi connectivity index (χ4n) is 2.98. The van der Waals surface area contributed by atoms with Crippen molar-refractivity contribution in [1.29, 1.82) is 0 Å². The van der Waals surface area contributed by atoms with Crippen LogP contribution >= 0.6 is 0 Å². The van der Waals surface area contributed by atoms with Gasteiger partial charge in [0.15, 0.2) is 0 Å². The monoisotopic (exact) mass is 241 g/mol. The standard InChI is InChI=1S/C15H31NO/c1-4-9-14(16-6-3)12-17-15-11-8-7-10-13(15)5-2/h13-16H,4-12H2,1-3H3. The molecule has 0 aromatic carbocycles. The molecule has 1 N–H and O–H groups in total. The SMILES string of the molecule is CCCC(COC1CCCCC1CC)NCC. The van der Waals surface area contributed by atoms with Crippen LogP contribution in [0.25, 0.3) is 0 Å². The summed E-state index contributed by atoms with van der Waals surface area (Å²) in [6, 6.07) is 0.560. The van der Waals surface area contributed by atoms with E-state index >= 15 is 0 Å². The molecule has 17 heavy (non-hydrogen) atoms. The van der Waals surface area contributed by atoms with Crippen molar-refractivity contribution in [2.24, 2.45) is 5.92 Å². The first-order valence-electron chi connectivity index (χ1n) is 7.66. The van der Waals surface area contributed by atoms with Crippen molar-refractivity contribution in [1.82, 2.24) is 5.32 Å². The highest BCUT2D eigenvalue weighted by Crippen LogP contribution is 2.29. The molecule has 0 bridgehead atoms. The number of likely N-dealkylation sites (N-methyl/N-ethyl adjacent to an activating group) is 1. The third kappa shape index (κ3) is 5.39. The molecular formula is C15H31NO. The predicted octanol–water partition coefficient (Wildman–Crippen LogP) is 3.75. The summed E-state index contributed by atoms with van der Waals surface area (Å²) in [7, 11) is 0. The Bertz CT molecular complexity index is 178. The third-order valence-corrected chi connectivity index (χ3v) is 4.01. The van der Waals surface area contributed by atoms with Gasteiger partial charge in [-0.15, -0.1) is 0 Å². The maximum atomic E-state index is 6.19. The minimum atomic E-state index is 0.534. The highest BCUT2D eigenvalue weighted by Gasteiger charge is 2.24. The van der Waals surface area contributed by atoms with E-state index in [1.807, 2.05) is 0 Å². The number of nitrogens with one attached hydrogen (secondary N) is 1. The van der Waals surface area contributed by atoms with Gasteiger partial charge in [-0.2, -0.15) is 0 Å². The van der Waals surface area contributed by atoms with E-state index < -0.39 is 0 Å². The first kappa shape index (κ1) is 15.0. The topological polar surface area (TPSA) is 21.3 Å². The van der Waals surface area contributed by atoms with Gasteiger partial charge >= 0.3 is 0 Å². The van der Waals surface area contributed by atoms with Crippen LogP contribution in [0, 0.1) is 5.92 Å². The van der Waals surface area contributed by atoms with E-state index in [4.69, 9.17) is 4.74 Å². The highest BCUT2D eigenvalue weighted by molar-refractivity contribution is 4.76. The molecule has 102 valence electrons. The molecule has 1 aliphatic rings. The van der Waals surface area contributed by atoms with Crippen molar-refractivity contribution in [3.05, 3.63) is 0 Å². The van der Waals surface area contributed by atoms with Crippen LogP contribution in [0.3, 0.4) is 0 Å². The molecule has 1 fully saturated rings. The molecule has 0 heterocycles. The van der Waals surface area contributed by atoms with Crippen LogP contribution in [0.2, 0.25) is 0 Å². The molecule has 2 nitrogen and oxygen atoms in total. The molecule has 1 aliphatic carbocycles. The predicted molar refractivity (Wildman–Crippen MR) is 74.4 cm³/mol. The van der Waals surface area contributed by atoms with Crippen molar-refractivity contribution in [2.75, 3.05) is 13.2 Å². The molecule has 0 radical (unpaired) electrons. The first-order chi connectivity index (χ1) is 8.31. The van der Waals surface area contributed by atoms with Crippen molar-refractivity contribution >= 4 is 0 Å². The number of hydrogen-bond acceptors (Lipinski definition) is 2. The zero-order chi connectivity index (χ0) is 12.5. The summed E-state index contributed by atoms with van der Waals surface area (Å²) >= 11 is 0. The van der Waals surface area contributed by atoms with Crippen molar-refractivity contribution in [3.8, 4) is 0 Å². The zero-order valence-electron chi connectivity index (χ0n) is 12.0. The molecule has 3 atom stereocenters. The first-order valence-corrected chi connectivity index (χ1v) is 7.66. The number of hydrogen-bond donors (Lipinski definition) is 1. The lowest BCUT2D eigenvalue weighted by atomic mass is 9.85. The summed E-state index contributed by atoms with van der Waals surface area (Å²) in [6.07, 6.45) is 9.71. The van der Waals surface area contributed by atoms with Crippen LogP contribution in [0.5, 0.6) is 0 Å². The van der Waals surface area contributed by atoms with E-state index in [1.165, 1.54) is 44.9 Å². The second-order valence-corrected chi connectivity index (χ2v) is 5.37. The van der Waals surface area contributed by atoms with Crippen molar-refractivity contribution < 1.29 is 4.74 Å². The average Bonchev–Trinajstić information content (AvgIpc) is 2.37. The molecule has 0 saturated heterocycles. The van der Waals surface area contributed by atoms with Crippen molar-refractivity contribution in [3.63, 3.8) is 0 Å². The molecular weight excluding hydrogens is 210 g/mol. The van der Waals surface area contributed by atoms with Gasteiger partial charge in [-0.3, -0.25) is 0 Å². The summed E-state index contributed by atoms with van der Waals surface area (Å²) in [5, 5.41) is 3.53. The highest BCUT2D eigenvalue weighted by atomic mass is 16.5. The summed E-state index contributed by atoms with van der Waals surface area (Å²) in [5.74, 6) is 0.813. The smallest absolute Gasteiger partial charge is 0.0623 e. The van der Waals surface area contributed by atoms with E-state index in [-0.39, 0.29) is 0 Å². The van der Waals surface area contributed by atoms with Crippen LogP contribution in [-0.2, 0) is 4.74 Å². The summed E-state index contributed by atoms with van der Waals surface area (Å²) in [6.45, 7) is 8.69.